The van der Waals surface area contributed by atoms with E-state index in [9.17, 15) is 9.59 Å². The number of carbonyl (C=O) groups excluding carboxylic acids is 2. The molecule has 2 rings (SSSR count). The molecule has 7 heteroatoms. The van der Waals surface area contributed by atoms with Gasteiger partial charge in [-0.25, -0.2) is 9.48 Å². The minimum absolute atomic E-state index is 0.228. The van der Waals surface area contributed by atoms with Crippen LogP contribution in [-0.4, -0.2) is 39.5 Å². The van der Waals surface area contributed by atoms with Gasteiger partial charge < -0.3 is 15.4 Å². The molecule has 0 fully saturated rings. The van der Waals surface area contributed by atoms with Crippen molar-refractivity contribution >= 4 is 12.0 Å². The zero-order valence-electron chi connectivity index (χ0n) is 16.8. The number of ether oxygens (including phenoxy) is 1. The van der Waals surface area contributed by atoms with Crippen molar-refractivity contribution in [3.63, 3.8) is 0 Å². The lowest BCUT2D eigenvalue weighted by Gasteiger charge is -2.27. The number of aromatic nitrogens is 2. The number of rotatable bonds is 5. The number of para-hydroxylation sites is 1. The maximum atomic E-state index is 12.6. The van der Waals surface area contributed by atoms with E-state index < -0.39 is 17.2 Å². The molecule has 27 heavy (non-hydrogen) atoms. The van der Waals surface area contributed by atoms with E-state index in [1.54, 1.807) is 31.5 Å². The van der Waals surface area contributed by atoms with Crippen LogP contribution < -0.4 is 10.6 Å². The second-order valence-electron chi connectivity index (χ2n) is 8.11. The van der Waals surface area contributed by atoms with E-state index in [0.29, 0.717) is 5.69 Å². The summed E-state index contributed by atoms with van der Waals surface area (Å²) in [5.74, 6) is -0.302. The first-order valence-corrected chi connectivity index (χ1v) is 8.88. The number of benzene rings is 1. The smallest absolute Gasteiger partial charge is 0.407 e. The van der Waals surface area contributed by atoms with E-state index in [1.807, 2.05) is 51.1 Å². The number of carbonyl (C=O) groups is 2. The molecule has 7 nitrogen and oxygen atoms in total. The van der Waals surface area contributed by atoms with Crippen LogP contribution in [0.1, 0.15) is 50.8 Å². The fraction of sp³-hybridized carbons (Fsp3) is 0.450. The Morgan fingerprint density at radius 2 is 1.74 bits per heavy atom. The van der Waals surface area contributed by atoms with Gasteiger partial charge in [0, 0.05) is 12.2 Å². The summed E-state index contributed by atoms with van der Waals surface area (Å²) in [6.07, 6.45) is -0.519. The molecular formula is C20H28N4O3. The summed E-state index contributed by atoms with van der Waals surface area (Å²) in [5, 5.41) is 9.98. The molecule has 0 bridgehead atoms. The van der Waals surface area contributed by atoms with Gasteiger partial charge >= 0.3 is 6.09 Å². The lowest BCUT2D eigenvalue weighted by atomic mass is 10.1. The van der Waals surface area contributed by atoms with Gasteiger partial charge in [0.1, 0.15) is 5.60 Å². The molecule has 2 amide bonds. The van der Waals surface area contributed by atoms with Gasteiger partial charge in [-0.3, -0.25) is 4.79 Å². The minimum Gasteiger partial charge on any atom is -0.444 e. The number of amides is 2. The van der Waals surface area contributed by atoms with Crippen molar-refractivity contribution in [3.05, 3.63) is 47.8 Å². The highest BCUT2D eigenvalue weighted by atomic mass is 16.6. The Morgan fingerprint density at radius 3 is 2.33 bits per heavy atom. The quantitative estimate of drug-likeness (QED) is 0.844. The molecule has 0 saturated heterocycles. The molecule has 0 atom stereocenters. The average Bonchev–Trinajstić information content (AvgIpc) is 2.94. The van der Waals surface area contributed by atoms with Crippen LogP contribution in [0.4, 0.5) is 4.79 Å². The predicted octanol–water partition coefficient (Wildman–Crippen LogP) is 3.21. The molecule has 2 aromatic rings. The SMILES string of the molecule is Cc1cc(C(=O)NC(C)(C)CNC(=O)OC(C)(C)C)nn1-c1ccccc1. The van der Waals surface area contributed by atoms with Crippen LogP contribution in [0.2, 0.25) is 0 Å². The van der Waals surface area contributed by atoms with Gasteiger partial charge in [-0.15, -0.1) is 0 Å². The van der Waals surface area contributed by atoms with Gasteiger partial charge in [0.05, 0.1) is 11.2 Å². The number of aryl methyl sites for hydroxylation is 1. The maximum absolute atomic E-state index is 12.6. The van der Waals surface area contributed by atoms with Gasteiger partial charge in [-0.1, -0.05) is 18.2 Å². The van der Waals surface area contributed by atoms with Gasteiger partial charge in [0.2, 0.25) is 0 Å². The Hall–Kier alpha value is -2.83. The molecule has 0 unspecified atom stereocenters. The lowest BCUT2D eigenvalue weighted by Crippen LogP contribution is -2.52. The average molecular weight is 372 g/mol. The van der Waals surface area contributed by atoms with E-state index in [2.05, 4.69) is 15.7 Å². The van der Waals surface area contributed by atoms with Gasteiger partial charge in [0.25, 0.3) is 5.91 Å². The molecule has 1 aromatic heterocycles. The van der Waals surface area contributed by atoms with Crippen molar-refractivity contribution in [2.24, 2.45) is 0 Å². The monoisotopic (exact) mass is 372 g/mol. The highest BCUT2D eigenvalue weighted by Crippen LogP contribution is 2.13. The van der Waals surface area contributed by atoms with Crippen molar-refractivity contribution in [3.8, 4) is 5.69 Å². The third kappa shape index (κ3) is 6.13. The van der Waals surface area contributed by atoms with Crippen molar-refractivity contribution in [2.75, 3.05) is 6.54 Å². The van der Waals surface area contributed by atoms with Crippen molar-refractivity contribution in [1.82, 2.24) is 20.4 Å². The molecule has 0 aliphatic heterocycles. The number of hydrogen-bond donors (Lipinski definition) is 2. The summed E-state index contributed by atoms with van der Waals surface area (Å²) in [6.45, 7) is 11.2. The van der Waals surface area contributed by atoms with Crippen LogP contribution in [0.5, 0.6) is 0 Å². The van der Waals surface area contributed by atoms with Crippen LogP contribution >= 0.6 is 0 Å². The van der Waals surface area contributed by atoms with Crippen LogP contribution in [-0.2, 0) is 4.74 Å². The number of nitrogens with one attached hydrogen (secondary N) is 2. The number of hydrogen-bond acceptors (Lipinski definition) is 4. The first-order chi connectivity index (χ1) is 12.5. The van der Waals surface area contributed by atoms with E-state index in [1.165, 1.54) is 0 Å². The van der Waals surface area contributed by atoms with Crippen molar-refractivity contribution < 1.29 is 14.3 Å². The minimum atomic E-state index is -0.668. The van der Waals surface area contributed by atoms with E-state index in [4.69, 9.17) is 4.74 Å². The first-order valence-electron chi connectivity index (χ1n) is 8.88. The van der Waals surface area contributed by atoms with Gasteiger partial charge in [-0.05, 0) is 59.7 Å². The van der Waals surface area contributed by atoms with E-state index >= 15 is 0 Å². The molecule has 146 valence electrons. The molecule has 1 aromatic carbocycles. The van der Waals surface area contributed by atoms with Crippen LogP contribution in [0.15, 0.2) is 36.4 Å². The number of nitrogens with zero attached hydrogens (tertiary/aromatic N) is 2. The summed E-state index contributed by atoms with van der Waals surface area (Å²) in [6, 6.07) is 11.4. The summed E-state index contributed by atoms with van der Waals surface area (Å²) in [4.78, 5) is 24.4. The Balaban J connectivity index is 2.01. The molecule has 0 spiro atoms. The second kappa shape index (κ2) is 7.82. The van der Waals surface area contributed by atoms with Crippen LogP contribution in [0.3, 0.4) is 0 Å². The Labute approximate surface area is 160 Å². The molecule has 0 aliphatic rings. The highest BCUT2D eigenvalue weighted by Gasteiger charge is 2.25. The van der Waals surface area contributed by atoms with Crippen molar-refractivity contribution in [2.45, 2.75) is 52.7 Å². The van der Waals surface area contributed by atoms with Crippen molar-refractivity contribution in [1.29, 1.82) is 0 Å². The molecule has 0 radical (unpaired) electrons. The third-order valence-electron chi connectivity index (χ3n) is 3.65. The van der Waals surface area contributed by atoms with Crippen LogP contribution in [0, 0.1) is 6.92 Å². The lowest BCUT2D eigenvalue weighted by molar-refractivity contribution is 0.0509. The van der Waals surface area contributed by atoms with Crippen LogP contribution in [0.25, 0.3) is 5.69 Å². The highest BCUT2D eigenvalue weighted by molar-refractivity contribution is 5.93. The molecule has 2 N–H and O–H groups in total. The maximum Gasteiger partial charge on any atom is 0.407 e. The Morgan fingerprint density at radius 1 is 1.11 bits per heavy atom. The fourth-order valence-electron chi connectivity index (χ4n) is 2.44. The van der Waals surface area contributed by atoms with Gasteiger partial charge in [-0.2, -0.15) is 5.10 Å². The topological polar surface area (TPSA) is 85.2 Å². The molecule has 0 saturated carbocycles. The molecule has 0 aliphatic carbocycles. The largest absolute Gasteiger partial charge is 0.444 e. The third-order valence-corrected chi connectivity index (χ3v) is 3.65. The fourth-order valence-corrected chi connectivity index (χ4v) is 2.44. The zero-order chi connectivity index (χ0) is 20.2. The molecular weight excluding hydrogens is 344 g/mol. The number of alkyl carbamates (subject to hydrolysis) is 1. The van der Waals surface area contributed by atoms with E-state index in [0.717, 1.165) is 11.4 Å². The standard InChI is InChI=1S/C20H28N4O3/c1-14-12-16(23-24(14)15-10-8-7-9-11-15)17(25)22-20(5,6)13-21-18(26)27-19(2,3)4/h7-12H,13H2,1-6H3,(H,21,26)(H,22,25). The Kier molecular flexibility index (Phi) is 5.93. The normalized spacial score (nSPS) is 11.8. The first kappa shape index (κ1) is 20.5. The molecule has 1 heterocycles. The van der Waals surface area contributed by atoms with Gasteiger partial charge in [0.15, 0.2) is 5.69 Å². The predicted molar refractivity (Wildman–Crippen MR) is 104 cm³/mol. The van der Waals surface area contributed by atoms with E-state index in [-0.39, 0.29) is 12.5 Å². The summed E-state index contributed by atoms with van der Waals surface area (Å²) >= 11 is 0. The summed E-state index contributed by atoms with van der Waals surface area (Å²) in [7, 11) is 0. The second-order valence-corrected chi connectivity index (χ2v) is 8.11. The summed E-state index contributed by atoms with van der Waals surface area (Å²) in [5.41, 5.74) is 0.829. The Bertz CT molecular complexity index is 804. The summed E-state index contributed by atoms with van der Waals surface area (Å²) < 4.78 is 6.94. The zero-order valence-corrected chi connectivity index (χ0v) is 16.8.